The molecule has 0 unspecified atom stereocenters. The SMILES string of the molecule is COc1ccc(NC(=O)C2CCN(S(=O)(=O)Cc3ccccc3C)CC2)cc1Cl. The first-order valence-corrected chi connectivity index (χ1v) is 11.5. The van der Waals surface area contributed by atoms with Crippen molar-refractivity contribution in [2.45, 2.75) is 25.5 Å². The Labute approximate surface area is 176 Å². The Morgan fingerprint density at radius 1 is 1.21 bits per heavy atom. The number of hydrogen-bond donors (Lipinski definition) is 1. The zero-order valence-electron chi connectivity index (χ0n) is 16.5. The minimum Gasteiger partial charge on any atom is -0.495 e. The van der Waals surface area contributed by atoms with Crippen LogP contribution >= 0.6 is 11.6 Å². The third kappa shape index (κ3) is 5.29. The zero-order chi connectivity index (χ0) is 21.0. The van der Waals surface area contributed by atoms with Crippen LogP contribution in [0.15, 0.2) is 42.5 Å². The molecule has 1 saturated heterocycles. The van der Waals surface area contributed by atoms with E-state index in [0.29, 0.717) is 42.4 Å². The number of hydrogen-bond acceptors (Lipinski definition) is 4. The van der Waals surface area contributed by atoms with E-state index in [4.69, 9.17) is 16.3 Å². The van der Waals surface area contributed by atoms with Crippen molar-refractivity contribution in [1.29, 1.82) is 0 Å². The summed E-state index contributed by atoms with van der Waals surface area (Å²) in [5.74, 6) is 0.167. The fourth-order valence-corrected chi connectivity index (χ4v) is 5.37. The molecule has 0 atom stereocenters. The second-order valence-electron chi connectivity index (χ2n) is 7.19. The van der Waals surface area contributed by atoms with Gasteiger partial charge in [-0.15, -0.1) is 0 Å². The van der Waals surface area contributed by atoms with Gasteiger partial charge in [0.15, 0.2) is 0 Å². The lowest BCUT2D eigenvalue weighted by Crippen LogP contribution is -2.41. The van der Waals surface area contributed by atoms with Gasteiger partial charge in [0.05, 0.1) is 17.9 Å². The Balaban J connectivity index is 1.57. The maximum Gasteiger partial charge on any atom is 0.227 e. The number of nitrogens with zero attached hydrogens (tertiary/aromatic N) is 1. The van der Waals surface area contributed by atoms with E-state index in [1.54, 1.807) is 18.2 Å². The summed E-state index contributed by atoms with van der Waals surface area (Å²) in [5.41, 5.74) is 2.36. The molecule has 1 N–H and O–H groups in total. The summed E-state index contributed by atoms with van der Waals surface area (Å²) >= 11 is 6.10. The molecule has 0 bridgehead atoms. The highest BCUT2D eigenvalue weighted by Gasteiger charge is 2.31. The fourth-order valence-electron chi connectivity index (χ4n) is 3.44. The number of ether oxygens (including phenoxy) is 1. The number of rotatable bonds is 6. The van der Waals surface area contributed by atoms with E-state index < -0.39 is 10.0 Å². The minimum atomic E-state index is -3.41. The fraction of sp³-hybridized carbons (Fsp3) is 0.381. The maximum absolute atomic E-state index is 12.8. The number of benzene rings is 2. The Morgan fingerprint density at radius 3 is 2.52 bits per heavy atom. The normalized spacial score (nSPS) is 15.8. The standard InChI is InChI=1S/C21H25ClN2O4S/c1-15-5-3-4-6-17(15)14-29(26,27)24-11-9-16(10-12-24)21(25)23-18-7-8-20(28-2)19(22)13-18/h3-8,13,16H,9-12,14H2,1-2H3,(H,23,25). The second kappa shape index (κ2) is 9.15. The van der Waals surface area contributed by atoms with Gasteiger partial charge in [-0.2, -0.15) is 0 Å². The van der Waals surface area contributed by atoms with Crippen LogP contribution in [0.4, 0.5) is 5.69 Å². The number of carbonyl (C=O) groups excluding carboxylic acids is 1. The quantitative estimate of drug-likeness (QED) is 0.746. The summed E-state index contributed by atoms with van der Waals surface area (Å²) < 4.78 is 32.1. The van der Waals surface area contributed by atoms with E-state index in [9.17, 15) is 13.2 Å². The van der Waals surface area contributed by atoms with E-state index in [1.165, 1.54) is 11.4 Å². The molecule has 1 amide bonds. The number of methoxy groups -OCH3 is 1. The molecule has 156 valence electrons. The molecule has 0 spiro atoms. The van der Waals surface area contributed by atoms with Gasteiger partial charge in [-0.25, -0.2) is 12.7 Å². The van der Waals surface area contributed by atoms with Gasteiger partial charge >= 0.3 is 0 Å². The first kappa shape index (κ1) is 21.6. The average molecular weight is 437 g/mol. The van der Waals surface area contributed by atoms with Gasteiger partial charge in [0.1, 0.15) is 5.75 Å². The van der Waals surface area contributed by atoms with E-state index in [1.807, 2.05) is 31.2 Å². The molecule has 29 heavy (non-hydrogen) atoms. The summed E-state index contributed by atoms with van der Waals surface area (Å²) in [6.45, 7) is 2.60. The van der Waals surface area contributed by atoms with Gasteiger partial charge in [-0.05, 0) is 49.1 Å². The summed E-state index contributed by atoms with van der Waals surface area (Å²) in [5, 5.41) is 3.28. The predicted molar refractivity (Wildman–Crippen MR) is 115 cm³/mol. The Kier molecular flexibility index (Phi) is 6.82. The van der Waals surface area contributed by atoms with Crippen molar-refractivity contribution in [1.82, 2.24) is 4.31 Å². The van der Waals surface area contributed by atoms with Crippen LogP contribution in [0.3, 0.4) is 0 Å². The molecule has 1 aliphatic rings. The number of carbonyl (C=O) groups is 1. The number of amides is 1. The molecule has 3 rings (SSSR count). The Morgan fingerprint density at radius 2 is 1.90 bits per heavy atom. The van der Waals surface area contributed by atoms with E-state index in [2.05, 4.69) is 5.32 Å². The molecule has 1 heterocycles. The average Bonchev–Trinajstić information content (AvgIpc) is 2.70. The Bertz CT molecular complexity index is 986. The highest BCUT2D eigenvalue weighted by atomic mass is 35.5. The lowest BCUT2D eigenvalue weighted by Gasteiger charge is -2.30. The summed E-state index contributed by atoms with van der Waals surface area (Å²) in [4.78, 5) is 12.6. The summed E-state index contributed by atoms with van der Waals surface area (Å²) in [6.07, 6.45) is 0.978. The number of piperidine rings is 1. The molecular weight excluding hydrogens is 412 g/mol. The molecule has 8 heteroatoms. The Hall–Kier alpha value is -2.09. The lowest BCUT2D eigenvalue weighted by atomic mass is 9.97. The number of nitrogens with one attached hydrogen (secondary N) is 1. The third-order valence-corrected chi connectivity index (χ3v) is 7.36. The topological polar surface area (TPSA) is 75.7 Å². The van der Waals surface area contributed by atoms with E-state index >= 15 is 0 Å². The van der Waals surface area contributed by atoms with Gasteiger partial charge in [-0.1, -0.05) is 35.9 Å². The van der Waals surface area contributed by atoms with Crippen molar-refractivity contribution in [2.24, 2.45) is 5.92 Å². The highest BCUT2D eigenvalue weighted by Crippen LogP contribution is 2.28. The van der Waals surface area contributed by atoms with Crippen LogP contribution in [0.5, 0.6) is 5.75 Å². The number of aryl methyl sites for hydroxylation is 1. The maximum atomic E-state index is 12.8. The first-order chi connectivity index (χ1) is 13.8. The molecule has 0 aliphatic carbocycles. The van der Waals surface area contributed by atoms with Crippen molar-refractivity contribution in [3.63, 3.8) is 0 Å². The van der Waals surface area contributed by atoms with Gasteiger partial charge < -0.3 is 10.1 Å². The van der Waals surface area contributed by atoms with Crippen molar-refractivity contribution < 1.29 is 17.9 Å². The molecule has 2 aromatic carbocycles. The zero-order valence-corrected chi connectivity index (χ0v) is 18.1. The van der Waals surface area contributed by atoms with Crippen LogP contribution in [0, 0.1) is 12.8 Å². The number of sulfonamides is 1. The third-order valence-electron chi connectivity index (χ3n) is 5.24. The van der Waals surface area contributed by atoms with Crippen LogP contribution < -0.4 is 10.1 Å². The first-order valence-electron chi connectivity index (χ1n) is 9.47. The van der Waals surface area contributed by atoms with Crippen LogP contribution in [-0.4, -0.2) is 38.8 Å². The van der Waals surface area contributed by atoms with Crippen LogP contribution in [0.1, 0.15) is 24.0 Å². The van der Waals surface area contributed by atoms with Gasteiger partial charge in [0, 0.05) is 24.7 Å². The molecule has 2 aromatic rings. The smallest absolute Gasteiger partial charge is 0.227 e. The minimum absolute atomic E-state index is 0.0130. The molecule has 0 aromatic heterocycles. The number of anilines is 1. The number of halogens is 1. The molecule has 1 aliphatic heterocycles. The van der Waals surface area contributed by atoms with Crippen molar-refractivity contribution in [3.8, 4) is 5.75 Å². The molecule has 6 nitrogen and oxygen atoms in total. The van der Waals surface area contributed by atoms with Crippen molar-refractivity contribution in [3.05, 3.63) is 58.6 Å². The summed E-state index contributed by atoms with van der Waals surface area (Å²) in [6, 6.07) is 12.6. The predicted octanol–water partition coefficient (Wildman–Crippen LogP) is 3.84. The van der Waals surface area contributed by atoms with Gasteiger partial charge in [-0.3, -0.25) is 4.79 Å². The van der Waals surface area contributed by atoms with Gasteiger partial charge in [0.25, 0.3) is 0 Å². The van der Waals surface area contributed by atoms with Crippen LogP contribution in [0.25, 0.3) is 0 Å². The van der Waals surface area contributed by atoms with Gasteiger partial charge in [0.2, 0.25) is 15.9 Å². The monoisotopic (exact) mass is 436 g/mol. The van der Waals surface area contributed by atoms with Crippen LogP contribution in [-0.2, 0) is 20.6 Å². The molecule has 0 radical (unpaired) electrons. The summed E-state index contributed by atoms with van der Waals surface area (Å²) in [7, 11) is -1.88. The van der Waals surface area contributed by atoms with Crippen molar-refractivity contribution >= 4 is 33.2 Å². The lowest BCUT2D eigenvalue weighted by molar-refractivity contribution is -0.120. The molecule has 1 fully saturated rings. The van der Waals surface area contributed by atoms with Crippen molar-refractivity contribution in [2.75, 3.05) is 25.5 Å². The highest BCUT2D eigenvalue weighted by molar-refractivity contribution is 7.88. The second-order valence-corrected chi connectivity index (χ2v) is 9.57. The van der Waals surface area contributed by atoms with Crippen LogP contribution in [0.2, 0.25) is 5.02 Å². The molecular formula is C21H25ClN2O4S. The van der Waals surface area contributed by atoms with E-state index in [-0.39, 0.29) is 17.6 Å². The van der Waals surface area contributed by atoms with E-state index in [0.717, 1.165) is 11.1 Å². The molecule has 0 saturated carbocycles. The largest absolute Gasteiger partial charge is 0.495 e.